The molecule has 0 spiro atoms. The third-order valence-electron chi connectivity index (χ3n) is 6.40. The van der Waals surface area contributed by atoms with Gasteiger partial charge in [-0.05, 0) is 35.9 Å². The Hall–Kier alpha value is -4.56. The number of nitrogens with one attached hydrogen (secondary N) is 1. The Morgan fingerprint density at radius 2 is 1.64 bits per heavy atom. The molecular formula is C31H27N3O4S. The van der Waals surface area contributed by atoms with Crippen LogP contribution in [0.15, 0.2) is 113 Å². The van der Waals surface area contributed by atoms with Crippen molar-refractivity contribution in [2.75, 3.05) is 13.2 Å². The van der Waals surface area contributed by atoms with E-state index in [1.165, 1.54) is 4.90 Å². The number of benzene rings is 3. The number of amidine groups is 1. The molecule has 0 bridgehead atoms. The third kappa shape index (κ3) is 5.37. The maximum atomic E-state index is 13.6. The predicted molar refractivity (Wildman–Crippen MR) is 153 cm³/mol. The molecule has 196 valence electrons. The first-order chi connectivity index (χ1) is 19.0. The van der Waals surface area contributed by atoms with E-state index >= 15 is 0 Å². The molecule has 0 radical (unpaired) electrons. The summed E-state index contributed by atoms with van der Waals surface area (Å²) in [6, 6.07) is 28.4. The summed E-state index contributed by atoms with van der Waals surface area (Å²) in [4.78, 5) is 28.6. The fraction of sp³-hybridized carbons (Fsp3) is 0.129. The van der Waals surface area contributed by atoms with Crippen LogP contribution in [0.3, 0.4) is 0 Å². The second kappa shape index (κ2) is 11.4. The molecule has 1 saturated heterocycles. The van der Waals surface area contributed by atoms with Crippen molar-refractivity contribution in [3.63, 3.8) is 0 Å². The fourth-order valence-electron chi connectivity index (χ4n) is 4.65. The molecular weight excluding hydrogens is 510 g/mol. The van der Waals surface area contributed by atoms with Crippen LogP contribution < -0.4 is 5.73 Å². The number of ether oxygens (including phenoxy) is 2. The van der Waals surface area contributed by atoms with E-state index in [0.29, 0.717) is 16.2 Å². The van der Waals surface area contributed by atoms with Gasteiger partial charge in [0.1, 0.15) is 11.3 Å². The van der Waals surface area contributed by atoms with Crippen LogP contribution in [0.2, 0.25) is 0 Å². The van der Waals surface area contributed by atoms with Crippen LogP contribution in [0.25, 0.3) is 11.8 Å². The number of amides is 1. The average molecular weight is 538 g/mol. The van der Waals surface area contributed by atoms with E-state index < -0.39 is 11.9 Å². The monoisotopic (exact) mass is 537 g/mol. The second-order valence-corrected chi connectivity index (χ2v) is 9.91. The van der Waals surface area contributed by atoms with Crippen LogP contribution in [0.1, 0.15) is 29.5 Å². The van der Waals surface area contributed by atoms with Crippen molar-refractivity contribution in [1.29, 1.82) is 5.41 Å². The molecule has 3 N–H and O–H groups in total. The maximum absolute atomic E-state index is 13.6. The zero-order valence-corrected chi connectivity index (χ0v) is 22.1. The molecule has 2 aliphatic rings. The fourth-order valence-corrected chi connectivity index (χ4v) is 5.51. The van der Waals surface area contributed by atoms with Gasteiger partial charge in [-0.25, -0.2) is 4.79 Å². The van der Waals surface area contributed by atoms with Crippen LogP contribution >= 0.6 is 11.8 Å². The van der Waals surface area contributed by atoms with E-state index in [0.717, 1.165) is 28.5 Å². The zero-order valence-electron chi connectivity index (χ0n) is 21.3. The van der Waals surface area contributed by atoms with Crippen molar-refractivity contribution >= 4 is 40.6 Å². The van der Waals surface area contributed by atoms with E-state index in [1.54, 1.807) is 13.0 Å². The van der Waals surface area contributed by atoms with Gasteiger partial charge < -0.3 is 15.2 Å². The number of hydrogen-bond acceptors (Lipinski definition) is 7. The molecule has 39 heavy (non-hydrogen) atoms. The zero-order chi connectivity index (χ0) is 27.4. The van der Waals surface area contributed by atoms with Crippen molar-refractivity contribution in [1.82, 2.24) is 4.90 Å². The van der Waals surface area contributed by atoms with E-state index in [1.807, 2.05) is 91.0 Å². The third-order valence-corrected chi connectivity index (χ3v) is 7.33. The first kappa shape index (κ1) is 26.1. The van der Waals surface area contributed by atoms with Gasteiger partial charge in [0, 0.05) is 17.1 Å². The van der Waals surface area contributed by atoms with E-state index in [-0.39, 0.29) is 35.7 Å². The lowest BCUT2D eigenvalue weighted by Crippen LogP contribution is -2.35. The number of thioether (sulfide) groups is 1. The van der Waals surface area contributed by atoms with Gasteiger partial charge in [0.25, 0.3) is 5.91 Å². The SMILES string of the molecule is CCOC(=O)C1=C(N)OC(c2ccccc2)=C(CN2C(=N)S/C(=C\c3ccccc3)C2=O)C1c1ccccc1. The Labute approximate surface area is 231 Å². The Morgan fingerprint density at radius 3 is 2.28 bits per heavy atom. The molecule has 5 rings (SSSR count). The lowest BCUT2D eigenvalue weighted by Gasteiger charge is -2.33. The van der Waals surface area contributed by atoms with Crippen LogP contribution in [-0.2, 0) is 19.1 Å². The summed E-state index contributed by atoms with van der Waals surface area (Å²) in [6.45, 7) is 1.92. The molecule has 0 saturated carbocycles. The number of carbonyl (C=O) groups is 2. The summed E-state index contributed by atoms with van der Waals surface area (Å²) in [7, 11) is 0. The molecule has 1 fully saturated rings. The van der Waals surface area contributed by atoms with Gasteiger partial charge in [-0.15, -0.1) is 0 Å². The highest BCUT2D eigenvalue weighted by molar-refractivity contribution is 8.18. The highest BCUT2D eigenvalue weighted by Gasteiger charge is 2.41. The average Bonchev–Trinajstić information content (AvgIpc) is 3.22. The van der Waals surface area contributed by atoms with Crippen LogP contribution in [0, 0.1) is 5.41 Å². The summed E-state index contributed by atoms with van der Waals surface area (Å²) in [5.41, 5.74) is 9.59. The van der Waals surface area contributed by atoms with Gasteiger partial charge in [0.05, 0.1) is 18.1 Å². The van der Waals surface area contributed by atoms with E-state index in [9.17, 15) is 9.59 Å². The highest BCUT2D eigenvalue weighted by Crippen LogP contribution is 2.44. The van der Waals surface area contributed by atoms with Crippen LogP contribution in [0.5, 0.6) is 0 Å². The highest BCUT2D eigenvalue weighted by atomic mass is 32.2. The summed E-state index contributed by atoms with van der Waals surface area (Å²) in [5, 5.41) is 8.76. The molecule has 1 atom stereocenters. The van der Waals surface area contributed by atoms with Crippen molar-refractivity contribution < 1.29 is 19.1 Å². The summed E-state index contributed by atoms with van der Waals surface area (Å²) < 4.78 is 11.5. The minimum atomic E-state index is -0.651. The number of carbonyl (C=O) groups excluding carboxylic acids is 2. The molecule has 0 aliphatic carbocycles. The molecule has 3 aromatic carbocycles. The summed E-state index contributed by atoms with van der Waals surface area (Å²) in [5.74, 6) is -1.13. The molecule has 7 nitrogen and oxygen atoms in total. The lowest BCUT2D eigenvalue weighted by atomic mass is 9.81. The Kier molecular flexibility index (Phi) is 7.65. The van der Waals surface area contributed by atoms with Gasteiger partial charge in [0.15, 0.2) is 5.17 Å². The smallest absolute Gasteiger partial charge is 0.340 e. The van der Waals surface area contributed by atoms with Crippen molar-refractivity contribution in [2.45, 2.75) is 12.8 Å². The van der Waals surface area contributed by atoms with Gasteiger partial charge >= 0.3 is 5.97 Å². The normalized spacial score (nSPS) is 18.5. The minimum absolute atomic E-state index is 0.0246. The van der Waals surface area contributed by atoms with Gasteiger partial charge in [-0.3, -0.25) is 15.1 Å². The molecule has 2 aliphatic heterocycles. The van der Waals surface area contributed by atoms with Crippen molar-refractivity contribution in [3.05, 3.63) is 130 Å². The molecule has 1 amide bonds. The largest absolute Gasteiger partial charge is 0.462 e. The van der Waals surface area contributed by atoms with Crippen LogP contribution in [-0.4, -0.2) is 35.1 Å². The number of hydrogen-bond donors (Lipinski definition) is 2. The first-order valence-corrected chi connectivity index (χ1v) is 13.3. The topological polar surface area (TPSA) is 106 Å². The second-order valence-electron chi connectivity index (χ2n) is 8.88. The first-order valence-electron chi connectivity index (χ1n) is 12.5. The van der Waals surface area contributed by atoms with Gasteiger partial charge in [0.2, 0.25) is 5.88 Å². The minimum Gasteiger partial charge on any atom is -0.462 e. The standard InChI is InChI=1S/C31H27N3O4S/c1-2-37-30(36)26-25(21-14-8-4-9-15-21)23(27(38-28(26)32)22-16-10-5-11-17-22)19-34-29(35)24(39-31(34)33)18-20-12-6-3-7-13-20/h3-18,25,33H,2,19,32H2,1H3/b24-18-,33-31?. The molecule has 0 aromatic heterocycles. The number of rotatable bonds is 7. The molecule has 2 heterocycles. The quantitative estimate of drug-likeness (QED) is 0.305. The Morgan fingerprint density at radius 1 is 1.03 bits per heavy atom. The van der Waals surface area contributed by atoms with Crippen molar-refractivity contribution in [3.8, 4) is 0 Å². The molecule has 1 unspecified atom stereocenters. The molecule has 8 heteroatoms. The van der Waals surface area contributed by atoms with Crippen molar-refractivity contribution in [2.24, 2.45) is 5.73 Å². The molecule has 3 aromatic rings. The number of nitrogens with zero attached hydrogens (tertiary/aromatic N) is 1. The Bertz CT molecular complexity index is 1500. The summed E-state index contributed by atoms with van der Waals surface area (Å²) >= 11 is 1.10. The van der Waals surface area contributed by atoms with Gasteiger partial charge in [-0.2, -0.15) is 0 Å². The van der Waals surface area contributed by atoms with Gasteiger partial charge in [-0.1, -0.05) is 91.0 Å². The Balaban J connectivity index is 1.63. The predicted octanol–water partition coefficient (Wildman–Crippen LogP) is 5.50. The summed E-state index contributed by atoms with van der Waals surface area (Å²) in [6.07, 6.45) is 1.78. The van der Waals surface area contributed by atoms with E-state index in [2.05, 4.69) is 0 Å². The number of esters is 1. The lowest BCUT2D eigenvalue weighted by molar-refractivity contribution is -0.139. The maximum Gasteiger partial charge on any atom is 0.340 e. The number of nitrogens with two attached hydrogens (primary N) is 1. The van der Waals surface area contributed by atoms with E-state index in [4.69, 9.17) is 20.6 Å². The van der Waals surface area contributed by atoms with Crippen LogP contribution in [0.4, 0.5) is 0 Å².